The molecule has 0 saturated heterocycles. The van der Waals surface area contributed by atoms with Crippen LogP contribution in [0.3, 0.4) is 0 Å². The summed E-state index contributed by atoms with van der Waals surface area (Å²) in [7, 11) is 0. The Balaban J connectivity index is 1.84. The van der Waals surface area contributed by atoms with Crippen molar-refractivity contribution < 1.29 is 9.69 Å². The van der Waals surface area contributed by atoms with Gasteiger partial charge in [-0.3, -0.25) is 4.79 Å². The van der Waals surface area contributed by atoms with Gasteiger partial charge < -0.3 is 10.2 Å². The van der Waals surface area contributed by atoms with Crippen molar-refractivity contribution in [2.24, 2.45) is 0 Å². The maximum absolute atomic E-state index is 12.1. The third-order valence-electron chi connectivity index (χ3n) is 3.30. The summed E-state index contributed by atoms with van der Waals surface area (Å²) in [5.41, 5.74) is 1.03. The summed E-state index contributed by atoms with van der Waals surface area (Å²) in [5.74, 6) is 0.0134. The average Bonchev–Trinajstić information content (AvgIpc) is 2.92. The molecule has 1 heterocycles. The predicted molar refractivity (Wildman–Crippen MR) is 97.2 cm³/mol. The third kappa shape index (κ3) is 6.36. The van der Waals surface area contributed by atoms with Crippen molar-refractivity contribution in [3.63, 3.8) is 0 Å². The van der Waals surface area contributed by atoms with E-state index in [0.717, 1.165) is 32.8 Å². The quantitative estimate of drug-likeness (QED) is 0.689. The first kappa shape index (κ1) is 18.0. The molecule has 23 heavy (non-hydrogen) atoms. The van der Waals surface area contributed by atoms with Crippen LogP contribution in [0.15, 0.2) is 49.1 Å². The molecule has 1 unspecified atom stereocenters. The number of hydrogen-bond acceptors (Lipinski definition) is 2. The monoisotopic (exact) mass is 369 g/mol. The second-order valence-electron chi connectivity index (χ2n) is 5.21. The van der Waals surface area contributed by atoms with Gasteiger partial charge in [0.25, 0.3) is 5.91 Å². The number of carbonyl (C=O) groups excluding carboxylic acids is 1. The summed E-state index contributed by atoms with van der Waals surface area (Å²) in [6, 6.07) is 11.3. The van der Waals surface area contributed by atoms with E-state index in [1.54, 1.807) is 11.3 Å². The van der Waals surface area contributed by atoms with Crippen LogP contribution in [0.4, 0.5) is 0 Å². The van der Waals surface area contributed by atoms with Gasteiger partial charge in [0.2, 0.25) is 0 Å². The van der Waals surface area contributed by atoms with Gasteiger partial charge in [-0.2, -0.15) is 0 Å². The number of halogens is 2. The molecule has 0 aliphatic rings. The van der Waals surface area contributed by atoms with Crippen molar-refractivity contribution in [1.82, 2.24) is 5.32 Å². The van der Waals surface area contributed by atoms with E-state index >= 15 is 0 Å². The molecule has 2 rings (SSSR count). The molecule has 1 aromatic carbocycles. The maximum atomic E-state index is 12.1. The van der Waals surface area contributed by atoms with Crippen molar-refractivity contribution >= 4 is 40.4 Å². The van der Waals surface area contributed by atoms with Gasteiger partial charge in [-0.15, -0.1) is 11.3 Å². The van der Waals surface area contributed by atoms with Gasteiger partial charge in [0.1, 0.15) is 6.54 Å². The van der Waals surface area contributed by atoms with E-state index < -0.39 is 0 Å². The van der Waals surface area contributed by atoms with E-state index in [1.807, 2.05) is 42.5 Å². The van der Waals surface area contributed by atoms with Crippen LogP contribution in [-0.4, -0.2) is 19.0 Å². The number of hydrogen-bond donors (Lipinski definition) is 2. The van der Waals surface area contributed by atoms with E-state index in [4.69, 9.17) is 23.2 Å². The number of benzene rings is 1. The molecule has 0 aliphatic heterocycles. The summed E-state index contributed by atoms with van der Waals surface area (Å²) < 4.78 is 0.769. The molecule has 0 saturated carbocycles. The van der Waals surface area contributed by atoms with Crippen molar-refractivity contribution in [2.45, 2.75) is 13.1 Å². The molecule has 1 atom stereocenters. The molecule has 0 bridgehead atoms. The molecule has 0 fully saturated rings. The Morgan fingerprint density at radius 3 is 2.57 bits per heavy atom. The summed E-state index contributed by atoms with van der Waals surface area (Å²) in [4.78, 5) is 14.4. The van der Waals surface area contributed by atoms with Crippen molar-refractivity contribution in [2.75, 3.05) is 13.1 Å². The summed E-state index contributed by atoms with van der Waals surface area (Å²) in [6.45, 7) is 6.16. The third-order valence-corrected chi connectivity index (χ3v) is 4.78. The molecule has 6 heteroatoms. The molecule has 1 amide bonds. The van der Waals surface area contributed by atoms with Gasteiger partial charge in [0.15, 0.2) is 6.54 Å². The lowest BCUT2D eigenvalue weighted by molar-refractivity contribution is -0.899. The number of amides is 1. The number of quaternary nitrogens is 1. The zero-order valence-electron chi connectivity index (χ0n) is 12.6. The second-order valence-corrected chi connectivity index (χ2v) is 7.44. The zero-order valence-corrected chi connectivity index (χ0v) is 15.0. The van der Waals surface area contributed by atoms with Gasteiger partial charge >= 0.3 is 0 Å². The average molecular weight is 370 g/mol. The normalized spacial score (nSPS) is 11.9. The standard InChI is InChI=1S/C17H18Cl2N2OS/c1-2-9-21(11-15-7-8-16(19)23-15)12-17(22)20-10-13-3-5-14(18)6-4-13/h2-8H,1,9-12H2,(H,20,22)/p+1. The highest BCUT2D eigenvalue weighted by Gasteiger charge is 2.14. The van der Waals surface area contributed by atoms with Gasteiger partial charge in [-0.25, -0.2) is 0 Å². The van der Waals surface area contributed by atoms with Crippen LogP contribution >= 0.6 is 34.5 Å². The molecular formula is C17H19Cl2N2OS+. The van der Waals surface area contributed by atoms with Crippen molar-refractivity contribution in [3.8, 4) is 0 Å². The minimum atomic E-state index is 0.0134. The minimum Gasteiger partial charge on any atom is -0.347 e. The Bertz CT molecular complexity index is 655. The van der Waals surface area contributed by atoms with Crippen LogP contribution in [0.2, 0.25) is 9.36 Å². The highest BCUT2D eigenvalue weighted by molar-refractivity contribution is 7.16. The van der Waals surface area contributed by atoms with E-state index in [-0.39, 0.29) is 5.91 Å². The first-order valence-corrected chi connectivity index (χ1v) is 8.84. The molecule has 3 nitrogen and oxygen atoms in total. The van der Waals surface area contributed by atoms with Crippen molar-refractivity contribution in [1.29, 1.82) is 0 Å². The fourth-order valence-electron chi connectivity index (χ4n) is 2.20. The Morgan fingerprint density at radius 1 is 1.22 bits per heavy atom. The fourth-order valence-corrected chi connectivity index (χ4v) is 3.48. The van der Waals surface area contributed by atoms with Crippen LogP contribution in [0.5, 0.6) is 0 Å². The lowest BCUT2D eigenvalue weighted by Gasteiger charge is -2.16. The molecule has 0 spiro atoms. The highest BCUT2D eigenvalue weighted by atomic mass is 35.5. The number of nitrogens with one attached hydrogen (secondary N) is 2. The van der Waals surface area contributed by atoms with Gasteiger partial charge in [-0.05, 0) is 35.9 Å². The van der Waals surface area contributed by atoms with E-state index in [0.29, 0.717) is 18.1 Å². The first-order valence-electron chi connectivity index (χ1n) is 7.26. The first-order chi connectivity index (χ1) is 11.1. The molecule has 0 aliphatic carbocycles. The van der Waals surface area contributed by atoms with Crippen LogP contribution in [-0.2, 0) is 17.9 Å². The number of rotatable bonds is 8. The van der Waals surface area contributed by atoms with Crippen LogP contribution < -0.4 is 10.2 Å². The SMILES string of the molecule is C=CC[NH+](CC(=O)NCc1ccc(Cl)cc1)Cc1ccc(Cl)s1. The Labute approximate surface area is 150 Å². The molecular weight excluding hydrogens is 351 g/mol. The van der Waals surface area contributed by atoms with Gasteiger partial charge in [0.05, 0.1) is 15.8 Å². The maximum Gasteiger partial charge on any atom is 0.275 e. The fraction of sp³-hybridized carbons (Fsp3) is 0.235. The van der Waals surface area contributed by atoms with E-state index in [2.05, 4.69) is 11.9 Å². The number of thiophene rings is 1. The van der Waals surface area contributed by atoms with E-state index in [1.165, 1.54) is 0 Å². The molecule has 2 aromatic rings. The lowest BCUT2D eigenvalue weighted by Crippen LogP contribution is -3.11. The van der Waals surface area contributed by atoms with Crippen LogP contribution in [0.1, 0.15) is 10.4 Å². The molecule has 2 N–H and O–H groups in total. The Kier molecular flexibility index (Phi) is 7.12. The highest BCUT2D eigenvalue weighted by Crippen LogP contribution is 2.20. The second kappa shape index (κ2) is 9.08. The van der Waals surface area contributed by atoms with Crippen molar-refractivity contribution in [3.05, 3.63) is 68.9 Å². The predicted octanol–water partition coefficient (Wildman–Crippen LogP) is 2.94. The largest absolute Gasteiger partial charge is 0.347 e. The summed E-state index contributed by atoms with van der Waals surface area (Å²) >= 11 is 13.4. The summed E-state index contributed by atoms with van der Waals surface area (Å²) in [6.07, 6.45) is 1.83. The van der Waals surface area contributed by atoms with Gasteiger partial charge in [0, 0.05) is 11.6 Å². The van der Waals surface area contributed by atoms with E-state index in [9.17, 15) is 4.79 Å². The molecule has 122 valence electrons. The Morgan fingerprint density at radius 2 is 1.96 bits per heavy atom. The zero-order chi connectivity index (χ0) is 16.7. The number of carbonyl (C=O) groups is 1. The summed E-state index contributed by atoms with van der Waals surface area (Å²) in [5, 5.41) is 3.63. The lowest BCUT2D eigenvalue weighted by atomic mass is 10.2. The topological polar surface area (TPSA) is 33.5 Å². The smallest absolute Gasteiger partial charge is 0.275 e. The van der Waals surface area contributed by atoms with Crippen LogP contribution in [0.25, 0.3) is 0 Å². The minimum absolute atomic E-state index is 0.0134. The van der Waals surface area contributed by atoms with Crippen LogP contribution in [0, 0.1) is 0 Å². The molecule has 0 radical (unpaired) electrons. The van der Waals surface area contributed by atoms with Gasteiger partial charge in [-0.1, -0.05) is 41.9 Å². The Hall–Kier alpha value is -1.33. The molecule has 1 aromatic heterocycles.